The van der Waals surface area contributed by atoms with Crippen molar-refractivity contribution in [2.45, 2.75) is 6.10 Å². The van der Waals surface area contributed by atoms with Crippen molar-refractivity contribution in [1.82, 2.24) is 0 Å². The number of anilines is 1. The highest BCUT2D eigenvalue weighted by Gasteiger charge is 2.23. The van der Waals surface area contributed by atoms with Crippen molar-refractivity contribution >= 4 is 17.6 Å². The summed E-state index contributed by atoms with van der Waals surface area (Å²) in [4.78, 5) is 22.5. The number of carbonyl (C=O) groups excluding carboxylic acids is 1. The number of amides is 1. The highest BCUT2D eigenvalue weighted by molar-refractivity contribution is 5.96. The number of carboxylic acids is 1. The zero-order chi connectivity index (χ0) is 13.8. The molecule has 0 bridgehead atoms. The molecule has 2 rings (SSSR count). The van der Waals surface area contributed by atoms with Gasteiger partial charge >= 0.3 is 5.97 Å². The molecule has 0 spiro atoms. The van der Waals surface area contributed by atoms with Crippen molar-refractivity contribution in [3.8, 4) is 0 Å². The molecule has 0 radical (unpaired) electrons. The second-order valence-electron chi connectivity index (χ2n) is 3.92. The normalized spacial score (nSPS) is 18.9. The molecule has 6 nitrogen and oxygen atoms in total. The molecule has 1 aliphatic rings. The van der Waals surface area contributed by atoms with Crippen LogP contribution in [0.4, 0.5) is 10.1 Å². The van der Waals surface area contributed by atoms with Gasteiger partial charge in [-0.05, 0) is 18.2 Å². The summed E-state index contributed by atoms with van der Waals surface area (Å²) in [6.07, 6.45) is -0.818. The van der Waals surface area contributed by atoms with Gasteiger partial charge in [0.15, 0.2) is 6.10 Å². The van der Waals surface area contributed by atoms with Crippen molar-refractivity contribution < 1.29 is 28.6 Å². The summed E-state index contributed by atoms with van der Waals surface area (Å²) < 4.78 is 23.7. The predicted octanol–water partition coefficient (Wildman–Crippen LogP) is 0.878. The molecule has 1 aromatic carbocycles. The Labute approximate surface area is 108 Å². The molecule has 1 aromatic rings. The van der Waals surface area contributed by atoms with Crippen LogP contribution < -0.4 is 5.32 Å². The van der Waals surface area contributed by atoms with Crippen molar-refractivity contribution in [1.29, 1.82) is 0 Å². The molecule has 1 saturated heterocycles. The fraction of sp³-hybridized carbons (Fsp3) is 0.333. The smallest absolute Gasteiger partial charge is 0.335 e. The quantitative estimate of drug-likeness (QED) is 0.850. The van der Waals surface area contributed by atoms with Gasteiger partial charge in [0.2, 0.25) is 0 Å². The van der Waals surface area contributed by atoms with E-state index in [2.05, 4.69) is 5.32 Å². The van der Waals surface area contributed by atoms with Gasteiger partial charge in [0.05, 0.1) is 31.1 Å². The van der Waals surface area contributed by atoms with E-state index in [1.54, 1.807) is 0 Å². The summed E-state index contributed by atoms with van der Waals surface area (Å²) in [5, 5.41) is 11.1. The molecule has 102 valence electrons. The molecule has 1 fully saturated rings. The van der Waals surface area contributed by atoms with Gasteiger partial charge in [0.25, 0.3) is 5.91 Å². The van der Waals surface area contributed by atoms with E-state index in [1.807, 2.05) is 0 Å². The lowest BCUT2D eigenvalue weighted by Crippen LogP contribution is -2.39. The third-order valence-corrected chi connectivity index (χ3v) is 2.58. The summed E-state index contributed by atoms with van der Waals surface area (Å²) in [7, 11) is 0. The number of benzene rings is 1. The van der Waals surface area contributed by atoms with Crippen LogP contribution in [0, 0.1) is 5.82 Å². The fourth-order valence-corrected chi connectivity index (χ4v) is 1.61. The van der Waals surface area contributed by atoms with E-state index >= 15 is 0 Å². The molecule has 0 aliphatic carbocycles. The third kappa shape index (κ3) is 3.27. The van der Waals surface area contributed by atoms with Crippen LogP contribution in [0.1, 0.15) is 10.4 Å². The van der Waals surface area contributed by atoms with Crippen molar-refractivity contribution in [2.24, 2.45) is 0 Å². The molecule has 0 unspecified atom stereocenters. The first-order valence-electron chi connectivity index (χ1n) is 5.61. The van der Waals surface area contributed by atoms with Crippen LogP contribution in [-0.2, 0) is 14.3 Å². The van der Waals surface area contributed by atoms with E-state index < -0.39 is 23.8 Å². The predicted molar refractivity (Wildman–Crippen MR) is 62.5 cm³/mol. The number of nitrogens with one attached hydrogen (secondary N) is 1. The van der Waals surface area contributed by atoms with Crippen LogP contribution in [0.5, 0.6) is 0 Å². The molecule has 2 N–H and O–H groups in total. The minimum atomic E-state index is -1.20. The lowest BCUT2D eigenvalue weighted by molar-refractivity contribution is -0.142. The van der Waals surface area contributed by atoms with Gasteiger partial charge in [-0.1, -0.05) is 0 Å². The van der Waals surface area contributed by atoms with Gasteiger partial charge in [-0.15, -0.1) is 0 Å². The van der Waals surface area contributed by atoms with Gasteiger partial charge in [-0.2, -0.15) is 0 Å². The van der Waals surface area contributed by atoms with Gasteiger partial charge in [0, 0.05) is 0 Å². The number of carboxylic acid groups (broad SMARTS) is 1. The number of carbonyl (C=O) groups is 2. The van der Waals surface area contributed by atoms with Crippen molar-refractivity contribution in [3.63, 3.8) is 0 Å². The van der Waals surface area contributed by atoms with Crippen LogP contribution in [0.25, 0.3) is 0 Å². The minimum absolute atomic E-state index is 0.0894. The molecular formula is C12H12FNO5. The molecule has 19 heavy (non-hydrogen) atoms. The first kappa shape index (κ1) is 13.4. The van der Waals surface area contributed by atoms with Crippen LogP contribution in [-0.4, -0.2) is 42.9 Å². The number of hydrogen-bond donors (Lipinski definition) is 2. The average Bonchev–Trinajstić information content (AvgIpc) is 2.42. The number of halogens is 1. The monoisotopic (exact) mass is 269 g/mol. The summed E-state index contributed by atoms with van der Waals surface area (Å²) in [5.74, 6) is -2.48. The maximum Gasteiger partial charge on any atom is 0.335 e. The van der Waals surface area contributed by atoms with Crippen molar-refractivity contribution in [3.05, 3.63) is 29.6 Å². The number of ether oxygens (including phenoxy) is 2. The number of aromatic carboxylic acids is 1. The molecule has 7 heteroatoms. The Hall–Kier alpha value is -1.99. The fourth-order valence-electron chi connectivity index (χ4n) is 1.61. The molecule has 0 aromatic heterocycles. The van der Waals surface area contributed by atoms with Gasteiger partial charge in [0.1, 0.15) is 5.82 Å². The lowest BCUT2D eigenvalue weighted by Gasteiger charge is -2.22. The van der Waals surface area contributed by atoms with Gasteiger partial charge in [-0.25, -0.2) is 9.18 Å². The Morgan fingerprint density at radius 1 is 1.37 bits per heavy atom. The Balaban J connectivity index is 2.11. The second kappa shape index (κ2) is 5.77. The molecule has 1 amide bonds. The standard InChI is InChI=1S/C12H12FNO5/c13-8-2-1-7(12(16)17)5-9(8)14-11(15)10-6-18-3-4-19-10/h1-2,5,10H,3-4,6H2,(H,14,15)(H,16,17)/t10-/m1/s1. The van der Waals surface area contributed by atoms with E-state index in [4.69, 9.17) is 14.6 Å². The molecule has 0 saturated carbocycles. The summed E-state index contributed by atoms with van der Waals surface area (Å²) in [6.45, 7) is 0.786. The highest BCUT2D eigenvalue weighted by atomic mass is 19.1. The number of hydrogen-bond acceptors (Lipinski definition) is 4. The Morgan fingerprint density at radius 2 is 2.16 bits per heavy atom. The van der Waals surface area contributed by atoms with Crippen LogP contribution in [0.3, 0.4) is 0 Å². The van der Waals surface area contributed by atoms with Crippen LogP contribution in [0.15, 0.2) is 18.2 Å². The Bertz CT molecular complexity index is 499. The molecular weight excluding hydrogens is 257 g/mol. The summed E-state index contributed by atoms with van der Waals surface area (Å²) >= 11 is 0. The summed E-state index contributed by atoms with van der Waals surface area (Å²) in [5.41, 5.74) is -0.309. The third-order valence-electron chi connectivity index (χ3n) is 2.58. The minimum Gasteiger partial charge on any atom is -0.478 e. The topological polar surface area (TPSA) is 84.9 Å². The maximum atomic E-state index is 13.5. The molecule has 1 heterocycles. The zero-order valence-electron chi connectivity index (χ0n) is 9.89. The maximum absolute atomic E-state index is 13.5. The molecule has 1 aliphatic heterocycles. The SMILES string of the molecule is O=C(O)c1ccc(F)c(NC(=O)[C@H]2COCCO2)c1. The van der Waals surface area contributed by atoms with E-state index in [0.29, 0.717) is 6.61 Å². The first-order valence-corrected chi connectivity index (χ1v) is 5.61. The lowest BCUT2D eigenvalue weighted by atomic mass is 10.2. The second-order valence-corrected chi connectivity index (χ2v) is 3.92. The summed E-state index contributed by atoms with van der Waals surface area (Å²) in [6, 6.07) is 3.16. The van der Waals surface area contributed by atoms with Gasteiger partial charge < -0.3 is 19.9 Å². The molecule has 1 atom stereocenters. The van der Waals surface area contributed by atoms with E-state index in [-0.39, 0.29) is 24.5 Å². The first-order chi connectivity index (χ1) is 9.08. The van der Waals surface area contributed by atoms with Gasteiger partial charge in [-0.3, -0.25) is 4.79 Å². The number of rotatable bonds is 3. The largest absolute Gasteiger partial charge is 0.478 e. The van der Waals surface area contributed by atoms with E-state index in [1.165, 1.54) is 0 Å². The Kier molecular flexibility index (Phi) is 4.08. The van der Waals surface area contributed by atoms with Crippen LogP contribution >= 0.6 is 0 Å². The van der Waals surface area contributed by atoms with E-state index in [9.17, 15) is 14.0 Å². The highest BCUT2D eigenvalue weighted by Crippen LogP contribution is 2.17. The average molecular weight is 269 g/mol. The zero-order valence-corrected chi connectivity index (χ0v) is 9.89. The Morgan fingerprint density at radius 3 is 2.79 bits per heavy atom. The van der Waals surface area contributed by atoms with Crippen LogP contribution in [0.2, 0.25) is 0 Å². The van der Waals surface area contributed by atoms with E-state index in [0.717, 1.165) is 18.2 Å². The van der Waals surface area contributed by atoms with Crippen molar-refractivity contribution in [2.75, 3.05) is 25.1 Å².